The molecule has 1 saturated heterocycles. The number of para-hydroxylation sites is 1. The standard InChI is InChI=1S/C24H25N3O2S/c1-15(2)16-10-11-19-17(13-16)22(28)24(29)27(19)14-26-12-6-5-8-20(26)23-25-18-7-3-4-9-21(18)30-23/h3-4,7,9-11,13,15,20H,5-6,8,12,14H2,1-2H3/p+1/t20-/m0/s1. The molecule has 5 nitrogen and oxygen atoms in total. The fourth-order valence-electron chi connectivity index (χ4n) is 4.64. The number of aromatic nitrogens is 1. The van der Waals surface area contributed by atoms with Gasteiger partial charge in [0.2, 0.25) is 0 Å². The van der Waals surface area contributed by atoms with E-state index in [0.717, 1.165) is 41.2 Å². The number of anilines is 1. The van der Waals surface area contributed by atoms with Gasteiger partial charge < -0.3 is 4.90 Å². The van der Waals surface area contributed by atoms with Gasteiger partial charge in [0.05, 0.1) is 28.0 Å². The van der Waals surface area contributed by atoms with Gasteiger partial charge in [0.1, 0.15) is 6.04 Å². The molecule has 2 atom stereocenters. The number of fused-ring (bicyclic) bond motifs is 2. The first-order valence-electron chi connectivity index (χ1n) is 10.7. The third-order valence-corrected chi connectivity index (χ3v) is 7.52. The third-order valence-electron chi connectivity index (χ3n) is 6.37. The van der Waals surface area contributed by atoms with Crippen LogP contribution in [0, 0.1) is 0 Å². The lowest BCUT2D eigenvalue weighted by atomic mass is 9.99. The molecule has 0 saturated carbocycles. The smallest absolute Gasteiger partial charge is 0.303 e. The first-order valence-corrected chi connectivity index (χ1v) is 11.5. The molecule has 2 aliphatic rings. The number of ketones is 1. The number of benzene rings is 2. The zero-order chi connectivity index (χ0) is 20.8. The number of hydrogen-bond donors (Lipinski definition) is 1. The molecule has 5 rings (SSSR count). The Morgan fingerprint density at radius 2 is 2.00 bits per heavy atom. The van der Waals surface area contributed by atoms with E-state index in [2.05, 4.69) is 26.0 Å². The van der Waals surface area contributed by atoms with Gasteiger partial charge in [-0.05, 0) is 48.6 Å². The maximum absolute atomic E-state index is 12.9. The average molecular weight is 421 g/mol. The van der Waals surface area contributed by atoms with E-state index >= 15 is 0 Å². The van der Waals surface area contributed by atoms with Crippen molar-refractivity contribution in [3.05, 3.63) is 58.6 Å². The Hall–Kier alpha value is -2.57. The Balaban J connectivity index is 1.45. The number of thiazole rings is 1. The van der Waals surface area contributed by atoms with Crippen LogP contribution in [0.1, 0.15) is 66.0 Å². The molecule has 30 heavy (non-hydrogen) atoms. The van der Waals surface area contributed by atoms with E-state index in [1.54, 1.807) is 16.2 Å². The Morgan fingerprint density at radius 1 is 1.17 bits per heavy atom. The molecule has 1 aromatic heterocycles. The molecular weight excluding hydrogens is 394 g/mol. The molecule has 1 N–H and O–H groups in total. The molecule has 0 radical (unpaired) electrons. The predicted octanol–water partition coefficient (Wildman–Crippen LogP) is 3.72. The number of Topliss-reactive ketones (excluding diaryl/α,β-unsaturated/α-hetero) is 1. The summed E-state index contributed by atoms with van der Waals surface area (Å²) in [6, 6.07) is 14.4. The van der Waals surface area contributed by atoms with Crippen molar-refractivity contribution in [2.45, 2.75) is 45.1 Å². The molecule has 0 bridgehead atoms. The molecule has 1 unspecified atom stereocenters. The number of quaternary nitrogens is 1. The number of nitrogens with zero attached hydrogens (tertiary/aromatic N) is 2. The molecule has 2 aliphatic heterocycles. The van der Waals surface area contributed by atoms with Crippen LogP contribution >= 0.6 is 11.3 Å². The predicted molar refractivity (Wildman–Crippen MR) is 119 cm³/mol. The number of rotatable bonds is 4. The summed E-state index contributed by atoms with van der Waals surface area (Å²) in [7, 11) is 0. The summed E-state index contributed by atoms with van der Waals surface area (Å²) >= 11 is 1.76. The van der Waals surface area contributed by atoms with Crippen molar-refractivity contribution < 1.29 is 14.5 Å². The van der Waals surface area contributed by atoms with Gasteiger partial charge in [-0.15, -0.1) is 11.3 Å². The Bertz CT molecular complexity index is 1100. The second kappa shape index (κ2) is 7.60. The van der Waals surface area contributed by atoms with Crippen LogP contribution in [0.4, 0.5) is 5.69 Å². The van der Waals surface area contributed by atoms with Crippen LogP contribution in [-0.4, -0.2) is 29.9 Å². The highest BCUT2D eigenvalue weighted by Gasteiger charge is 2.40. The highest BCUT2D eigenvalue weighted by molar-refractivity contribution is 7.18. The second-order valence-corrected chi connectivity index (χ2v) is 9.69. The highest BCUT2D eigenvalue weighted by Crippen LogP contribution is 2.32. The van der Waals surface area contributed by atoms with Gasteiger partial charge in [-0.2, -0.15) is 0 Å². The van der Waals surface area contributed by atoms with Gasteiger partial charge in [0.25, 0.3) is 5.78 Å². The summed E-state index contributed by atoms with van der Waals surface area (Å²) in [5.74, 6) is -0.448. The molecular formula is C24H26N3O2S+. The zero-order valence-electron chi connectivity index (χ0n) is 17.4. The van der Waals surface area contributed by atoms with Gasteiger partial charge in [0, 0.05) is 6.42 Å². The van der Waals surface area contributed by atoms with Crippen molar-refractivity contribution in [3.8, 4) is 0 Å². The molecule has 1 fully saturated rings. The molecule has 3 heterocycles. The Kier molecular flexibility index (Phi) is 4.91. The quantitative estimate of drug-likeness (QED) is 0.655. The Morgan fingerprint density at radius 3 is 2.80 bits per heavy atom. The van der Waals surface area contributed by atoms with Crippen LogP contribution in [0.25, 0.3) is 10.2 Å². The van der Waals surface area contributed by atoms with E-state index in [0.29, 0.717) is 18.2 Å². The SMILES string of the molecule is CC(C)c1ccc2c(c1)C(=O)C(=O)N2C[NH+]1CCCC[C@H]1c1nc2ccccc2s1. The molecule has 6 heteroatoms. The normalized spacial score (nSPS) is 21.6. The van der Waals surface area contributed by atoms with E-state index in [1.165, 1.54) is 16.0 Å². The molecule has 154 valence electrons. The number of carbonyl (C=O) groups excluding carboxylic acids is 2. The summed E-state index contributed by atoms with van der Waals surface area (Å²) < 4.78 is 1.21. The Labute approximate surface area is 180 Å². The summed E-state index contributed by atoms with van der Waals surface area (Å²) in [4.78, 5) is 33.4. The highest BCUT2D eigenvalue weighted by atomic mass is 32.1. The molecule has 3 aromatic rings. The minimum atomic E-state index is -0.396. The van der Waals surface area contributed by atoms with Crippen molar-refractivity contribution in [3.63, 3.8) is 0 Å². The summed E-state index contributed by atoms with van der Waals surface area (Å²) in [5.41, 5.74) is 3.45. The van der Waals surface area contributed by atoms with Crippen LogP contribution in [-0.2, 0) is 4.79 Å². The fourth-order valence-corrected chi connectivity index (χ4v) is 5.80. The lowest BCUT2D eigenvalue weighted by molar-refractivity contribution is -0.935. The van der Waals surface area contributed by atoms with Gasteiger partial charge in [-0.1, -0.05) is 32.0 Å². The average Bonchev–Trinajstić information content (AvgIpc) is 3.29. The molecule has 1 amide bonds. The third kappa shape index (κ3) is 3.24. The topological polar surface area (TPSA) is 54.7 Å². The second-order valence-electron chi connectivity index (χ2n) is 8.63. The number of nitrogens with one attached hydrogen (secondary N) is 1. The van der Waals surface area contributed by atoms with Crippen molar-refractivity contribution >= 4 is 38.9 Å². The number of likely N-dealkylation sites (tertiary alicyclic amines) is 1. The van der Waals surface area contributed by atoms with Gasteiger partial charge in [-0.3, -0.25) is 14.5 Å². The first kappa shape index (κ1) is 19.4. The van der Waals surface area contributed by atoms with E-state index in [9.17, 15) is 9.59 Å². The first-order chi connectivity index (χ1) is 14.5. The maximum atomic E-state index is 12.9. The van der Waals surface area contributed by atoms with Crippen molar-refractivity contribution in [1.29, 1.82) is 0 Å². The summed E-state index contributed by atoms with van der Waals surface area (Å²) in [5, 5.41) is 1.14. The number of hydrogen-bond acceptors (Lipinski definition) is 4. The lowest BCUT2D eigenvalue weighted by Crippen LogP contribution is -3.14. The van der Waals surface area contributed by atoms with Crippen LogP contribution in [0.3, 0.4) is 0 Å². The fraction of sp³-hybridized carbons (Fsp3) is 0.375. The largest absolute Gasteiger partial charge is 0.309 e. The number of piperidine rings is 1. The monoisotopic (exact) mass is 420 g/mol. The minimum absolute atomic E-state index is 0.262. The number of carbonyl (C=O) groups is 2. The van der Waals surface area contributed by atoms with Gasteiger partial charge in [-0.25, -0.2) is 4.98 Å². The van der Waals surface area contributed by atoms with Crippen molar-refractivity contribution in [1.82, 2.24) is 4.98 Å². The van der Waals surface area contributed by atoms with Gasteiger partial charge >= 0.3 is 5.91 Å². The number of amides is 1. The van der Waals surface area contributed by atoms with E-state index in [1.807, 2.05) is 30.3 Å². The van der Waals surface area contributed by atoms with Crippen LogP contribution in [0.5, 0.6) is 0 Å². The maximum Gasteiger partial charge on any atom is 0.303 e. The van der Waals surface area contributed by atoms with E-state index in [4.69, 9.17) is 4.98 Å². The summed E-state index contributed by atoms with van der Waals surface area (Å²) in [6.07, 6.45) is 3.36. The van der Waals surface area contributed by atoms with E-state index in [-0.39, 0.29) is 11.8 Å². The zero-order valence-corrected chi connectivity index (χ0v) is 18.2. The molecule has 0 spiro atoms. The van der Waals surface area contributed by atoms with Crippen molar-refractivity contribution in [2.24, 2.45) is 0 Å². The summed E-state index contributed by atoms with van der Waals surface area (Å²) in [6.45, 7) is 5.69. The molecule has 0 aliphatic carbocycles. The molecule has 2 aromatic carbocycles. The van der Waals surface area contributed by atoms with Crippen LogP contribution < -0.4 is 9.80 Å². The minimum Gasteiger partial charge on any atom is -0.309 e. The van der Waals surface area contributed by atoms with Gasteiger partial charge in [0.15, 0.2) is 11.7 Å². The van der Waals surface area contributed by atoms with E-state index < -0.39 is 5.91 Å². The lowest BCUT2D eigenvalue weighted by Gasteiger charge is -2.33. The van der Waals surface area contributed by atoms with Crippen LogP contribution in [0.2, 0.25) is 0 Å². The van der Waals surface area contributed by atoms with Crippen LogP contribution in [0.15, 0.2) is 42.5 Å². The van der Waals surface area contributed by atoms with Crippen molar-refractivity contribution in [2.75, 3.05) is 18.1 Å².